The zero-order chi connectivity index (χ0) is 25.9. The van der Waals surface area contributed by atoms with Gasteiger partial charge in [0, 0.05) is 22.3 Å². The molecule has 4 rings (SSSR count). The van der Waals surface area contributed by atoms with E-state index in [1.165, 1.54) is 29.7 Å². The van der Waals surface area contributed by atoms with Crippen LogP contribution < -0.4 is 15.1 Å². The number of hydroxylamine groups is 1. The summed E-state index contributed by atoms with van der Waals surface area (Å²) in [5, 5.41) is 9.92. The molecule has 0 bridgehead atoms. The molecule has 0 aliphatic heterocycles. The molecule has 1 aliphatic carbocycles. The Bertz CT molecular complexity index is 1260. The summed E-state index contributed by atoms with van der Waals surface area (Å²) in [5.41, 5.74) is 2.66. The first kappa shape index (κ1) is 25.4. The number of benzene rings is 2. The maximum absolute atomic E-state index is 13.6. The van der Waals surface area contributed by atoms with Crippen LogP contribution >= 0.6 is 0 Å². The van der Waals surface area contributed by atoms with Gasteiger partial charge in [0.15, 0.2) is 0 Å². The summed E-state index contributed by atoms with van der Waals surface area (Å²) >= 11 is 0. The van der Waals surface area contributed by atoms with Crippen LogP contribution in [0.5, 0.6) is 5.75 Å². The number of anilines is 1. The number of alkyl halides is 3. The second-order valence-corrected chi connectivity index (χ2v) is 9.00. The summed E-state index contributed by atoms with van der Waals surface area (Å²) in [4.78, 5) is 29.7. The van der Waals surface area contributed by atoms with Gasteiger partial charge in [0.25, 0.3) is 0 Å². The maximum atomic E-state index is 13.6. The number of amides is 2. The second kappa shape index (κ2) is 10.1. The summed E-state index contributed by atoms with van der Waals surface area (Å²) in [5.74, 6) is -2.50. The summed E-state index contributed by atoms with van der Waals surface area (Å²) in [6.45, 7) is 2.10. The zero-order valence-electron chi connectivity index (χ0n) is 19.6. The van der Waals surface area contributed by atoms with E-state index in [0.717, 1.165) is 22.2 Å². The van der Waals surface area contributed by atoms with Gasteiger partial charge in [0.1, 0.15) is 12.4 Å². The summed E-state index contributed by atoms with van der Waals surface area (Å²) in [7, 11) is 0. The number of rotatable bonds is 7. The van der Waals surface area contributed by atoms with Gasteiger partial charge in [-0.25, -0.2) is 5.48 Å². The molecule has 1 saturated carbocycles. The molecular formula is C26H26F3N3O4. The van der Waals surface area contributed by atoms with Gasteiger partial charge in [-0.1, -0.05) is 31.0 Å². The number of pyridine rings is 1. The topological polar surface area (TPSA) is 91.8 Å². The van der Waals surface area contributed by atoms with Crippen molar-refractivity contribution in [2.45, 2.75) is 57.3 Å². The number of ether oxygens (including phenoxy) is 1. The zero-order valence-corrected chi connectivity index (χ0v) is 19.6. The number of fused-ring (bicyclic) bond motifs is 1. The highest BCUT2D eigenvalue weighted by Crippen LogP contribution is 2.43. The third kappa shape index (κ3) is 5.28. The van der Waals surface area contributed by atoms with E-state index in [-0.39, 0.29) is 25.1 Å². The molecule has 1 aromatic heterocycles. The molecule has 1 aliphatic rings. The van der Waals surface area contributed by atoms with Crippen molar-refractivity contribution in [2.24, 2.45) is 0 Å². The Balaban J connectivity index is 1.61. The Kier molecular flexibility index (Phi) is 7.16. The lowest BCUT2D eigenvalue weighted by molar-refractivity contribution is -0.172. The van der Waals surface area contributed by atoms with Gasteiger partial charge in [-0.2, -0.15) is 13.2 Å². The molecule has 2 aromatic carbocycles. The fourth-order valence-electron chi connectivity index (χ4n) is 4.95. The van der Waals surface area contributed by atoms with E-state index in [2.05, 4.69) is 4.98 Å². The normalized spacial score (nSPS) is 15.0. The minimum Gasteiger partial charge on any atom is -0.489 e. The predicted molar refractivity (Wildman–Crippen MR) is 127 cm³/mol. The smallest absolute Gasteiger partial charge is 0.471 e. The number of nitrogens with one attached hydrogen (secondary N) is 1. The molecule has 36 heavy (non-hydrogen) atoms. The SMILES string of the molecule is Cc1cc(COc2ccc(N(C(=O)C(F)(F)F)C3(CC(=O)NO)CCCC3)cc2)c2ccccc2n1. The number of halogens is 3. The Morgan fingerprint density at radius 3 is 2.42 bits per heavy atom. The van der Waals surface area contributed by atoms with Gasteiger partial charge in [-0.3, -0.25) is 24.7 Å². The Morgan fingerprint density at radius 2 is 1.78 bits per heavy atom. The fourth-order valence-corrected chi connectivity index (χ4v) is 4.95. The quantitative estimate of drug-likeness (QED) is 0.342. The number of hydrogen-bond acceptors (Lipinski definition) is 5. The number of aromatic nitrogens is 1. The van der Waals surface area contributed by atoms with Gasteiger partial charge in [0.2, 0.25) is 5.91 Å². The van der Waals surface area contributed by atoms with E-state index in [0.29, 0.717) is 23.5 Å². The third-order valence-corrected chi connectivity index (χ3v) is 6.49. The lowest BCUT2D eigenvalue weighted by Crippen LogP contribution is -2.56. The molecule has 190 valence electrons. The number of nitrogens with zero attached hydrogens (tertiary/aromatic N) is 2. The molecule has 2 N–H and O–H groups in total. The number of para-hydroxylation sites is 1. The molecule has 1 fully saturated rings. The van der Waals surface area contributed by atoms with Crippen LogP contribution in [0.25, 0.3) is 10.9 Å². The van der Waals surface area contributed by atoms with Crippen molar-refractivity contribution in [3.63, 3.8) is 0 Å². The standard InChI is InChI=1S/C26H26F3N3O4/c1-17-14-18(21-6-2-3-7-22(21)30-17)16-36-20-10-8-19(9-11-20)32(24(34)26(27,28)29)25(12-4-5-13-25)15-23(33)31-35/h2-3,6-11,14,35H,4-5,12-13,15-16H2,1H3,(H,31,33). The van der Waals surface area contributed by atoms with Crippen molar-refractivity contribution in [1.29, 1.82) is 0 Å². The molecule has 0 saturated heterocycles. The minimum absolute atomic E-state index is 0.00233. The first-order chi connectivity index (χ1) is 17.1. The lowest BCUT2D eigenvalue weighted by atomic mass is 9.89. The van der Waals surface area contributed by atoms with Crippen molar-refractivity contribution in [2.75, 3.05) is 4.90 Å². The van der Waals surface area contributed by atoms with Gasteiger partial charge < -0.3 is 4.74 Å². The monoisotopic (exact) mass is 501 g/mol. The Labute approximate surface area is 205 Å². The Hall–Kier alpha value is -3.66. The fraction of sp³-hybridized carbons (Fsp3) is 0.346. The van der Waals surface area contributed by atoms with Crippen molar-refractivity contribution in [3.05, 3.63) is 65.9 Å². The van der Waals surface area contributed by atoms with Crippen LogP contribution in [0.15, 0.2) is 54.6 Å². The van der Waals surface area contributed by atoms with Crippen LogP contribution in [-0.4, -0.2) is 33.7 Å². The van der Waals surface area contributed by atoms with E-state index >= 15 is 0 Å². The number of carbonyl (C=O) groups excluding carboxylic acids is 2. The van der Waals surface area contributed by atoms with Crippen molar-refractivity contribution >= 4 is 28.4 Å². The lowest BCUT2D eigenvalue weighted by Gasteiger charge is -2.41. The third-order valence-electron chi connectivity index (χ3n) is 6.49. The van der Waals surface area contributed by atoms with Crippen molar-refractivity contribution in [1.82, 2.24) is 10.5 Å². The van der Waals surface area contributed by atoms with Gasteiger partial charge in [-0.15, -0.1) is 0 Å². The van der Waals surface area contributed by atoms with Crippen molar-refractivity contribution in [3.8, 4) is 5.75 Å². The highest BCUT2D eigenvalue weighted by atomic mass is 19.4. The molecule has 10 heteroatoms. The van der Waals surface area contributed by atoms with Crippen LogP contribution in [0.1, 0.15) is 43.4 Å². The molecule has 0 spiro atoms. The van der Waals surface area contributed by atoms with E-state index < -0.39 is 30.0 Å². The first-order valence-corrected chi connectivity index (χ1v) is 11.6. The van der Waals surface area contributed by atoms with Gasteiger partial charge >= 0.3 is 12.1 Å². The summed E-state index contributed by atoms with van der Waals surface area (Å²) in [6, 6.07) is 15.3. The van der Waals surface area contributed by atoms with E-state index in [9.17, 15) is 22.8 Å². The summed E-state index contributed by atoms with van der Waals surface area (Å²) in [6.07, 6.45) is -4.07. The first-order valence-electron chi connectivity index (χ1n) is 11.6. The van der Waals surface area contributed by atoms with Crippen molar-refractivity contribution < 1.29 is 32.7 Å². The predicted octanol–water partition coefficient (Wildman–Crippen LogP) is 5.23. The van der Waals surface area contributed by atoms with Gasteiger partial charge in [0.05, 0.1) is 17.5 Å². The maximum Gasteiger partial charge on any atom is 0.471 e. The van der Waals surface area contributed by atoms with E-state index in [4.69, 9.17) is 9.94 Å². The molecular weight excluding hydrogens is 475 g/mol. The number of hydrogen-bond donors (Lipinski definition) is 2. The Morgan fingerprint density at radius 1 is 1.11 bits per heavy atom. The highest BCUT2D eigenvalue weighted by Gasteiger charge is 2.52. The molecule has 0 atom stereocenters. The molecule has 3 aromatic rings. The molecule has 7 nitrogen and oxygen atoms in total. The average molecular weight is 502 g/mol. The largest absolute Gasteiger partial charge is 0.489 e. The van der Waals surface area contributed by atoms with Gasteiger partial charge in [-0.05, 0) is 56.2 Å². The highest BCUT2D eigenvalue weighted by molar-refractivity contribution is 5.99. The number of aryl methyl sites for hydroxylation is 1. The van der Waals surface area contributed by atoms with E-state index in [1.807, 2.05) is 37.3 Å². The summed E-state index contributed by atoms with van der Waals surface area (Å²) < 4.78 is 46.7. The molecule has 1 heterocycles. The van der Waals surface area contributed by atoms with Crippen LogP contribution in [0.2, 0.25) is 0 Å². The molecule has 0 radical (unpaired) electrons. The van der Waals surface area contributed by atoms with E-state index in [1.54, 1.807) is 0 Å². The van der Waals surface area contributed by atoms with Crippen LogP contribution in [0, 0.1) is 6.92 Å². The molecule has 2 amide bonds. The molecule has 0 unspecified atom stereocenters. The second-order valence-electron chi connectivity index (χ2n) is 9.00. The van der Waals surface area contributed by atoms with Crippen LogP contribution in [-0.2, 0) is 16.2 Å². The van der Waals surface area contributed by atoms with Crippen LogP contribution in [0.3, 0.4) is 0 Å². The minimum atomic E-state index is -5.14. The number of carbonyl (C=O) groups is 2. The van der Waals surface area contributed by atoms with Crippen LogP contribution in [0.4, 0.5) is 18.9 Å². The average Bonchev–Trinajstić information content (AvgIpc) is 3.31.